The molecule has 0 amide bonds. The number of hydrogen-bond acceptors (Lipinski definition) is 3. The second-order valence-corrected chi connectivity index (χ2v) is 3.20. The predicted octanol–water partition coefficient (Wildman–Crippen LogP) is -2.20. The van der Waals surface area contributed by atoms with Gasteiger partial charge in [-0.1, -0.05) is 50.1 Å². The van der Waals surface area contributed by atoms with Crippen LogP contribution in [0.1, 0.15) is 37.1 Å². The van der Waals surface area contributed by atoms with Crippen LogP contribution < -0.4 is 34.7 Å². The smallest absolute Gasteiger partial charge is 0.542 e. The van der Waals surface area contributed by atoms with Crippen LogP contribution in [0.25, 0.3) is 0 Å². The zero-order valence-electron chi connectivity index (χ0n) is 14.7. The molecule has 0 saturated carbocycles. The molecule has 0 heterocycles. The van der Waals surface area contributed by atoms with Gasteiger partial charge >= 0.3 is 29.6 Å². The molecule has 0 radical (unpaired) electrons. The quantitative estimate of drug-likeness (QED) is 0.191. The van der Waals surface area contributed by atoms with E-state index in [-0.39, 0.29) is 29.6 Å². The Morgan fingerprint density at radius 2 is 1.85 bits per heavy atom. The van der Waals surface area contributed by atoms with E-state index >= 15 is 0 Å². The maximum Gasteiger partial charge on any atom is 1.00 e. The molecule has 13 heavy (non-hydrogen) atoms. The maximum absolute atomic E-state index is 10.2. The fourth-order valence-electron chi connectivity index (χ4n) is 0.236. The Hall–Kier alpha value is 0.870. The Morgan fingerprint density at radius 3 is 1.85 bits per heavy atom. The zero-order valence-corrected chi connectivity index (χ0v) is 11.8. The molecule has 0 N–H and O–H groups in total. The Bertz CT molecular complexity index is 322. The number of ketones is 1. The first-order valence-electron chi connectivity index (χ1n) is 6.49. The molecule has 0 rings (SSSR count). The van der Waals surface area contributed by atoms with Crippen molar-refractivity contribution in [3.63, 3.8) is 0 Å². The van der Waals surface area contributed by atoms with Crippen molar-refractivity contribution in [3.8, 4) is 0 Å². The first kappa shape index (κ1) is 7.19. The van der Waals surface area contributed by atoms with Crippen LogP contribution in [-0.2, 0) is 9.59 Å². The summed E-state index contributed by atoms with van der Waals surface area (Å²) >= 11 is 1.13. The van der Waals surface area contributed by atoms with Gasteiger partial charge in [-0.25, -0.2) is 0 Å². The van der Waals surface area contributed by atoms with Gasteiger partial charge in [0.1, 0.15) is 5.97 Å². The van der Waals surface area contributed by atoms with Crippen molar-refractivity contribution >= 4 is 34.3 Å². The number of halogens is 1. The van der Waals surface area contributed by atoms with Crippen molar-refractivity contribution < 1.29 is 53.8 Å². The number of carbonyl (C=O) groups is 2. The number of carboxylic acid groups (broad SMARTS) is 1. The van der Waals surface area contributed by atoms with Gasteiger partial charge in [-0.3, -0.25) is 4.79 Å². The summed E-state index contributed by atoms with van der Waals surface area (Å²) in [5, 5.41) is 9.68. The molecule has 0 aliphatic rings. The zero-order chi connectivity index (χ0) is 16.2. The van der Waals surface area contributed by atoms with E-state index in [2.05, 4.69) is 0 Å². The van der Waals surface area contributed by atoms with Crippen LogP contribution in [0.4, 0.5) is 0 Å². The van der Waals surface area contributed by atoms with Crippen LogP contribution in [0.15, 0.2) is 0 Å². The van der Waals surface area contributed by atoms with Crippen molar-refractivity contribution in [1.29, 1.82) is 0 Å². The normalized spacial score (nSPS) is 19.2. The van der Waals surface area contributed by atoms with Gasteiger partial charge in [-0.05, 0) is 0 Å². The minimum absolute atomic E-state index is 0. The monoisotopic (exact) mass is 317 g/mol. The fourth-order valence-corrected chi connectivity index (χ4v) is 0.236. The summed E-state index contributed by atoms with van der Waals surface area (Å²) in [5.74, 6) is -2.90. The predicted molar refractivity (Wildman–Crippen MR) is 54.0 cm³/mol. The Morgan fingerprint density at radius 1 is 1.46 bits per heavy atom. The average molecular weight is 317 g/mol. The SMILES string of the molecule is [13CH3]C([13CH3])C(=O)C(=O)[O-].[2H]C([2H])([2H])C([2H])(I)C([2H])([2H])[2H].[Na+]. The van der Waals surface area contributed by atoms with Gasteiger partial charge in [0.2, 0.25) is 0 Å². The summed E-state index contributed by atoms with van der Waals surface area (Å²) in [5.41, 5.74) is 0. The average Bonchev–Trinajstić information content (AvgIpc) is 2.13. The van der Waals surface area contributed by atoms with Crippen LogP contribution in [-0.4, -0.2) is 15.7 Å². The standard InChI is InChI=1S/C5H8O3.C3H7I.Na/c1-3(2)4(6)5(7)8;1-3(2)4;/h3H,1-2H3,(H,7,8);3H,1-2H3;/q;;+1/p-1/i1+1,2+1;1D3,2D3,3D;. The number of carbonyl (C=O) groups excluding carboxylic acids is 2. The van der Waals surface area contributed by atoms with Crippen LogP contribution in [0, 0.1) is 5.92 Å². The first-order valence-corrected chi connectivity index (χ1v) is 4.07. The van der Waals surface area contributed by atoms with Gasteiger partial charge in [0.05, 0.1) is 0 Å². The largest absolute Gasteiger partial charge is 1.00 e. The number of carboxylic acids is 1. The molecule has 0 bridgehead atoms. The van der Waals surface area contributed by atoms with Crippen molar-refractivity contribution in [2.45, 2.75) is 31.5 Å². The fraction of sp³-hybridized carbons (Fsp3) is 0.750. The van der Waals surface area contributed by atoms with E-state index < -0.39 is 35.3 Å². The van der Waals surface area contributed by atoms with Gasteiger partial charge in [-0.2, -0.15) is 0 Å². The van der Waals surface area contributed by atoms with E-state index in [4.69, 9.17) is 9.60 Å². The Kier molecular flexibility index (Phi) is 6.06. The van der Waals surface area contributed by atoms with Crippen molar-refractivity contribution in [2.24, 2.45) is 5.92 Å². The second kappa shape index (κ2) is 10.9. The van der Waals surface area contributed by atoms with Gasteiger partial charge in [0.25, 0.3) is 0 Å². The van der Waals surface area contributed by atoms with Gasteiger partial charge in [-0.15, -0.1) is 0 Å². The Labute approximate surface area is 125 Å². The molecule has 0 atom stereocenters. The van der Waals surface area contributed by atoms with Crippen molar-refractivity contribution in [3.05, 3.63) is 0 Å². The van der Waals surface area contributed by atoms with E-state index in [9.17, 15) is 14.7 Å². The number of rotatable bonds is 2. The molecule has 0 aromatic carbocycles. The second-order valence-electron chi connectivity index (χ2n) is 2.12. The van der Waals surface area contributed by atoms with Crippen LogP contribution in [0.5, 0.6) is 0 Å². The first-order chi connectivity index (χ1) is 8.05. The molecular weight excluding hydrogens is 296 g/mol. The third kappa shape index (κ3) is 19.3. The summed E-state index contributed by atoms with van der Waals surface area (Å²) in [6, 6.07) is 0. The maximum atomic E-state index is 10.2. The number of alkyl halides is 1. The van der Waals surface area contributed by atoms with E-state index in [1.54, 1.807) is 0 Å². The van der Waals surface area contributed by atoms with Crippen LogP contribution >= 0.6 is 22.6 Å². The summed E-state index contributed by atoms with van der Waals surface area (Å²) in [7, 11) is 0. The van der Waals surface area contributed by atoms with Crippen molar-refractivity contribution in [1.82, 2.24) is 0 Å². The third-order valence-electron chi connectivity index (χ3n) is 0.726. The van der Waals surface area contributed by atoms with E-state index in [0.717, 1.165) is 22.6 Å². The van der Waals surface area contributed by atoms with Gasteiger partial charge < -0.3 is 9.90 Å². The molecule has 0 aliphatic carbocycles. The molecule has 0 spiro atoms. The van der Waals surface area contributed by atoms with E-state index in [0.29, 0.717) is 0 Å². The van der Waals surface area contributed by atoms with Gasteiger partial charge in [0, 0.05) is 19.4 Å². The van der Waals surface area contributed by atoms with Crippen LogP contribution in [0.3, 0.4) is 0 Å². The number of Topliss-reactive ketones (excluding diaryl/α,β-unsaturated/α-hetero) is 1. The molecule has 72 valence electrons. The molecular formula is C8H14INaO3. The summed E-state index contributed by atoms with van der Waals surface area (Å²) in [4.78, 5) is 19.9. The summed E-state index contributed by atoms with van der Waals surface area (Å²) < 4.78 is 45.3. The molecule has 0 aromatic heterocycles. The molecule has 0 unspecified atom stereocenters. The molecule has 0 aromatic rings. The summed E-state index contributed by atoms with van der Waals surface area (Å²) in [6.07, 6.45) is 0. The molecule has 0 fully saturated rings. The molecule has 0 aliphatic heterocycles. The number of aliphatic carboxylic acids is 1. The van der Waals surface area contributed by atoms with E-state index in [1.165, 1.54) is 13.8 Å². The molecule has 5 heteroatoms. The molecule has 3 nitrogen and oxygen atoms in total. The molecule has 0 saturated heterocycles. The van der Waals surface area contributed by atoms with Gasteiger partial charge in [0.15, 0.2) is 5.78 Å². The minimum Gasteiger partial charge on any atom is -0.542 e. The third-order valence-corrected chi connectivity index (χ3v) is 0.726. The van der Waals surface area contributed by atoms with E-state index in [1.807, 2.05) is 0 Å². The minimum atomic E-state index is -2.78. The summed E-state index contributed by atoms with van der Waals surface area (Å²) in [6.45, 7) is -2.53. The topological polar surface area (TPSA) is 57.2 Å². The van der Waals surface area contributed by atoms with Crippen LogP contribution in [0.2, 0.25) is 0 Å². The van der Waals surface area contributed by atoms with Crippen molar-refractivity contribution in [2.75, 3.05) is 0 Å². The number of hydrogen-bond donors (Lipinski definition) is 0. The Balaban J connectivity index is -0.000000288.